The lowest BCUT2D eigenvalue weighted by atomic mass is 10.1. The molecule has 2 rings (SSSR count). The van der Waals surface area contributed by atoms with Crippen LogP contribution in [0, 0.1) is 0 Å². The monoisotopic (exact) mass is 380 g/mol. The fourth-order valence-corrected chi connectivity index (χ4v) is 2.93. The Kier molecular flexibility index (Phi) is 6.79. The highest BCUT2D eigenvalue weighted by atomic mass is 32.1. The third-order valence-electron chi connectivity index (χ3n) is 3.29. The van der Waals surface area contributed by atoms with Crippen molar-refractivity contribution in [1.82, 2.24) is 4.98 Å². The number of hydrogen-bond donors (Lipinski definition) is 1. The molecule has 0 bridgehead atoms. The van der Waals surface area contributed by atoms with Crippen LogP contribution in [-0.2, 0) is 27.4 Å². The Balaban J connectivity index is 1.99. The Morgan fingerprint density at radius 3 is 2.31 bits per heavy atom. The van der Waals surface area contributed by atoms with Crippen molar-refractivity contribution in [2.75, 3.05) is 26.6 Å². The first-order valence-corrected chi connectivity index (χ1v) is 8.51. The summed E-state index contributed by atoms with van der Waals surface area (Å²) in [5.74, 6) is 0.766. The molecule has 0 fully saturated rings. The second-order valence-corrected chi connectivity index (χ2v) is 6.05. The maximum Gasteiger partial charge on any atom is 0.310 e. The Hall–Kier alpha value is -2.81. The molecule has 0 aliphatic carbocycles. The molecule has 26 heavy (non-hydrogen) atoms. The molecule has 1 aromatic heterocycles. The number of carbonyl (C=O) groups excluding carboxylic acids is 2. The predicted molar refractivity (Wildman–Crippen MR) is 96.0 cm³/mol. The molecular weight excluding hydrogens is 360 g/mol. The van der Waals surface area contributed by atoms with Crippen LogP contribution in [0.25, 0.3) is 0 Å². The number of ether oxygens (including phenoxy) is 4. The zero-order chi connectivity index (χ0) is 19.1. The first-order valence-electron chi connectivity index (χ1n) is 7.63. The van der Waals surface area contributed by atoms with Crippen LogP contribution in [0.4, 0.5) is 5.13 Å². The van der Waals surface area contributed by atoms with Crippen LogP contribution in [0.1, 0.15) is 18.2 Å². The van der Waals surface area contributed by atoms with E-state index in [1.165, 1.54) is 39.6 Å². The summed E-state index contributed by atoms with van der Waals surface area (Å²) in [6.45, 7) is 1.43. The SMILES string of the molecule is COc1cc(CC(=O)OCc2csc(NC(C)=O)n2)cc(OC)c1OC. The second kappa shape index (κ2) is 9.04. The van der Waals surface area contributed by atoms with Crippen molar-refractivity contribution in [2.45, 2.75) is 20.0 Å². The lowest BCUT2D eigenvalue weighted by molar-refractivity contribution is -0.144. The molecule has 1 aromatic carbocycles. The minimum atomic E-state index is -0.423. The summed E-state index contributed by atoms with van der Waals surface area (Å²) in [5, 5.41) is 4.76. The fourth-order valence-electron chi connectivity index (χ4n) is 2.19. The zero-order valence-corrected chi connectivity index (χ0v) is 15.8. The van der Waals surface area contributed by atoms with Crippen LogP contribution in [0.15, 0.2) is 17.5 Å². The number of methoxy groups -OCH3 is 3. The highest BCUT2D eigenvalue weighted by Gasteiger charge is 2.16. The lowest BCUT2D eigenvalue weighted by Gasteiger charge is -2.13. The minimum Gasteiger partial charge on any atom is -0.493 e. The number of rotatable bonds is 8. The summed E-state index contributed by atoms with van der Waals surface area (Å²) in [5.41, 5.74) is 1.23. The van der Waals surface area contributed by atoms with Gasteiger partial charge in [0.2, 0.25) is 11.7 Å². The lowest BCUT2D eigenvalue weighted by Crippen LogP contribution is -2.09. The van der Waals surface area contributed by atoms with Crippen molar-refractivity contribution >= 4 is 28.3 Å². The molecule has 2 aromatic rings. The predicted octanol–water partition coefficient (Wildman–Crippen LogP) is 2.41. The van der Waals surface area contributed by atoms with E-state index in [0.717, 1.165) is 0 Å². The van der Waals surface area contributed by atoms with Crippen LogP contribution in [0.5, 0.6) is 17.2 Å². The summed E-state index contributed by atoms with van der Waals surface area (Å²) in [4.78, 5) is 27.2. The smallest absolute Gasteiger partial charge is 0.310 e. The molecule has 0 saturated heterocycles. The van der Waals surface area contributed by atoms with Gasteiger partial charge in [-0.3, -0.25) is 9.59 Å². The van der Waals surface area contributed by atoms with Crippen LogP contribution in [0.3, 0.4) is 0 Å². The number of benzene rings is 1. The van der Waals surface area contributed by atoms with E-state index in [1.54, 1.807) is 17.5 Å². The van der Waals surface area contributed by atoms with Crippen LogP contribution >= 0.6 is 11.3 Å². The number of thiazole rings is 1. The van der Waals surface area contributed by atoms with Crippen molar-refractivity contribution < 1.29 is 28.5 Å². The molecule has 0 atom stereocenters. The van der Waals surface area contributed by atoms with E-state index in [4.69, 9.17) is 18.9 Å². The molecule has 0 spiro atoms. The molecule has 0 radical (unpaired) electrons. The summed E-state index contributed by atoms with van der Waals surface area (Å²) in [6, 6.07) is 3.39. The summed E-state index contributed by atoms with van der Waals surface area (Å²) >= 11 is 1.27. The highest BCUT2D eigenvalue weighted by molar-refractivity contribution is 7.13. The van der Waals surface area contributed by atoms with Crippen molar-refractivity contribution in [2.24, 2.45) is 0 Å². The van der Waals surface area contributed by atoms with Gasteiger partial charge in [-0.1, -0.05) is 0 Å². The summed E-state index contributed by atoms with van der Waals surface area (Å²) < 4.78 is 21.0. The Morgan fingerprint density at radius 2 is 1.77 bits per heavy atom. The third kappa shape index (κ3) is 5.09. The summed E-state index contributed by atoms with van der Waals surface area (Å²) in [7, 11) is 4.53. The second-order valence-electron chi connectivity index (χ2n) is 5.20. The van der Waals surface area contributed by atoms with Crippen molar-refractivity contribution in [3.63, 3.8) is 0 Å². The molecule has 9 heteroatoms. The number of esters is 1. The van der Waals surface area contributed by atoms with Crippen LogP contribution in [-0.4, -0.2) is 38.2 Å². The van der Waals surface area contributed by atoms with Gasteiger partial charge in [-0.05, 0) is 17.7 Å². The van der Waals surface area contributed by atoms with E-state index < -0.39 is 5.97 Å². The fraction of sp³-hybridized carbons (Fsp3) is 0.353. The Morgan fingerprint density at radius 1 is 1.12 bits per heavy atom. The van der Waals surface area contributed by atoms with Crippen LogP contribution < -0.4 is 19.5 Å². The van der Waals surface area contributed by atoms with E-state index in [9.17, 15) is 9.59 Å². The molecule has 0 saturated carbocycles. The van der Waals surface area contributed by atoms with Crippen molar-refractivity contribution in [3.8, 4) is 17.2 Å². The average Bonchev–Trinajstić information content (AvgIpc) is 3.05. The van der Waals surface area contributed by atoms with E-state index >= 15 is 0 Å². The van der Waals surface area contributed by atoms with Gasteiger partial charge in [0, 0.05) is 12.3 Å². The molecule has 140 valence electrons. The topological polar surface area (TPSA) is 96.0 Å². The molecule has 8 nitrogen and oxygen atoms in total. The number of nitrogens with one attached hydrogen (secondary N) is 1. The van der Waals surface area contributed by atoms with Gasteiger partial charge in [0.05, 0.1) is 33.4 Å². The molecule has 1 amide bonds. The molecule has 1 N–H and O–H groups in total. The number of amides is 1. The van der Waals surface area contributed by atoms with Gasteiger partial charge in [-0.15, -0.1) is 11.3 Å². The summed E-state index contributed by atoms with van der Waals surface area (Å²) in [6.07, 6.45) is 0.0411. The van der Waals surface area contributed by atoms with Crippen molar-refractivity contribution in [3.05, 3.63) is 28.8 Å². The zero-order valence-electron chi connectivity index (χ0n) is 15.0. The van der Waals surface area contributed by atoms with Gasteiger partial charge < -0.3 is 24.3 Å². The number of hydrogen-bond acceptors (Lipinski definition) is 8. The molecule has 0 unspecified atom stereocenters. The molecule has 0 aliphatic rings. The number of anilines is 1. The number of nitrogens with zero attached hydrogens (tertiary/aromatic N) is 1. The first kappa shape index (κ1) is 19.5. The van der Waals surface area contributed by atoms with E-state index in [1.807, 2.05) is 0 Å². The minimum absolute atomic E-state index is 0.0271. The first-order chi connectivity index (χ1) is 12.5. The van der Waals surface area contributed by atoms with E-state index in [0.29, 0.717) is 33.6 Å². The normalized spacial score (nSPS) is 10.2. The Labute approximate surface area is 155 Å². The van der Waals surface area contributed by atoms with Gasteiger partial charge >= 0.3 is 5.97 Å². The van der Waals surface area contributed by atoms with Gasteiger partial charge in [0.25, 0.3) is 0 Å². The molecular formula is C17H20N2O6S. The van der Waals surface area contributed by atoms with Gasteiger partial charge in [-0.2, -0.15) is 0 Å². The van der Waals surface area contributed by atoms with E-state index in [2.05, 4.69) is 10.3 Å². The number of aromatic nitrogens is 1. The maximum absolute atomic E-state index is 12.1. The number of carbonyl (C=O) groups is 2. The quantitative estimate of drug-likeness (QED) is 0.703. The van der Waals surface area contributed by atoms with Gasteiger partial charge in [-0.25, -0.2) is 4.98 Å². The average molecular weight is 380 g/mol. The van der Waals surface area contributed by atoms with Gasteiger partial charge in [0.1, 0.15) is 6.61 Å². The highest BCUT2D eigenvalue weighted by Crippen LogP contribution is 2.38. The van der Waals surface area contributed by atoms with Crippen LogP contribution in [0.2, 0.25) is 0 Å². The van der Waals surface area contributed by atoms with Crippen molar-refractivity contribution in [1.29, 1.82) is 0 Å². The third-order valence-corrected chi connectivity index (χ3v) is 4.10. The Bertz CT molecular complexity index is 764. The molecule has 1 heterocycles. The van der Waals surface area contributed by atoms with E-state index in [-0.39, 0.29) is 18.9 Å². The maximum atomic E-state index is 12.1. The standard InChI is InChI=1S/C17H20N2O6S/c1-10(20)18-17-19-12(9-26-17)8-25-15(21)7-11-5-13(22-2)16(24-4)14(6-11)23-3/h5-6,9H,7-8H2,1-4H3,(H,18,19,20). The van der Waals surface area contributed by atoms with Gasteiger partial charge in [0.15, 0.2) is 16.6 Å². The largest absolute Gasteiger partial charge is 0.493 e. The molecule has 0 aliphatic heterocycles.